The predicted octanol–water partition coefficient (Wildman–Crippen LogP) is 3.23. The number of benzene rings is 1. The second-order valence-corrected chi connectivity index (χ2v) is 6.23. The first-order valence-corrected chi connectivity index (χ1v) is 8.71. The van der Waals surface area contributed by atoms with Gasteiger partial charge < -0.3 is 14.5 Å². The lowest BCUT2D eigenvalue weighted by atomic mass is 10.1. The largest absolute Gasteiger partial charge is 0.419 e. The Balaban J connectivity index is 1.67. The summed E-state index contributed by atoms with van der Waals surface area (Å²) in [6.07, 6.45) is -3.15. The van der Waals surface area contributed by atoms with Crippen molar-refractivity contribution in [3.63, 3.8) is 0 Å². The van der Waals surface area contributed by atoms with E-state index >= 15 is 0 Å². The molecule has 0 atom stereocenters. The molecule has 1 aromatic carbocycles. The number of ether oxygens (including phenoxy) is 1. The van der Waals surface area contributed by atoms with Gasteiger partial charge in [0.15, 0.2) is 0 Å². The Bertz CT molecular complexity index is 768. The third-order valence-electron chi connectivity index (χ3n) is 4.44. The number of hydrogen-bond donors (Lipinski definition) is 0. The summed E-state index contributed by atoms with van der Waals surface area (Å²) in [6, 6.07) is 7.21. The number of amides is 1. The van der Waals surface area contributed by atoms with Gasteiger partial charge in [-0.2, -0.15) is 23.0 Å². The number of aromatic nitrogens is 2. The van der Waals surface area contributed by atoms with Crippen molar-refractivity contribution in [3.8, 4) is 0 Å². The number of hydrogen-bond acceptors (Lipinski definition) is 4. The molecule has 0 saturated carbocycles. The number of halogens is 3. The predicted molar refractivity (Wildman–Crippen MR) is 93.6 cm³/mol. The minimum Gasteiger partial charge on any atom is -0.378 e. The van der Waals surface area contributed by atoms with Gasteiger partial charge in [-0.15, -0.1) is 0 Å². The Morgan fingerprint density at radius 2 is 1.89 bits per heavy atom. The van der Waals surface area contributed by atoms with E-state index in [1.807, 2.05) is 24.3 Å². The zero-order valence-corrected chi connectivity index (χ0v) is 14.9. The van der Waals surface area contributed by atoms with Gasteiger partial charge in [0.05, 0.1) is 25.0 Å². The van der Waals surface area contributed by atoms with Gasteiger partial charge in [0.2, 0.25) is 0 Å². The first-order valence-electron chi connectivity index (χ1n) is 8.71. The highest BCUT2D eigenvalue weighted by Crippen LogP contribution is 2.28. The van der Waals surface area contributed by atoms with E-state index in [1.54, 1.807) is 6.92 Å². The molecule has 1 aromatic heterocycles. The fourth-order valence-corrected chi connectivity index (χ4v) is 2.89. The monoisotopic (exact) mass is 382 g/mol. The van der Waals surface area contributed by atoms with Gasteiger partial charge in [-0.05, 0) is 24.6 Å². The van der Waals surface area contributed by atoms with Crippen molar-refractivity contribution < 1.29 is 22.7 Å². The zero-order valence-electron chi connectivity index (χ0n) is 14.9. The highest BCUT2D eigenvalue weighted by Gasteiger charge is 2.33. The summed E-state index contributed by atoms with van der Waals surface area (Å²) in [5.74, 6) is 0. The Morgan fingerprint density at radius 3 is 2.44 bits per heavy atom. The van der Waals surface area contributed by atoms with Crippen molar-refractivity contribution in [1.29, 1.82) is 0 Å². The fourth-order valence-electron chi connectivity index (χ4n) is 2.89. The molecule has 1 aliphatic heterocycles. The number of carbonyl (C=O) groups excluding carboxylic acids is 1. The first-order chi connectivity index (χ1) is 12.9. The van der Waals surface area contributed by atoms with Crippen LogP contribution in [0.5, 0.6) is 0 Å². The molecule has 0 bridgehead atoms. The van der Waals surface area contributed by atoms with Crippen molar-refractivity contribution >= 4 is 11.7 Å². The lowest BCUT2D eigenvalue weighted by Crippen LogP contribution is -2.36. The smallest absolute Gasteiger partial charge is 0.378 e. The molecule has 27 heavy (non-hydrogen) atoms. The molecule has 0 unspecified atom stereocenters. The van der Waals surface area contributed by atoms with Crippen LogP contribution in [0.15, 0.2) is 36.7 Å². The molecule has 2 aromatic rings. The van der Waals surface area contributed by atoms with Crippen LogP contribution in [0.4, 0.5) is 23.7 Å². The molecular weight excluding hydrogens is 361 g/mol. The summed E-state index contributed by atoms with van der Waals surface area (Å²) in [7, 11) is 0. The first kappa shape index (κ1) is 19.2. The molecule has 1 amide bonds. The summed E-state index contributed by atoms with van der Waals surface area (Å²) in [5, 5.41) is 3.56. The SMILES string of the molecule is CCN(Cc1ccc(N2CCOCC2)cc1)C(=O)n1cc(C(F)(F)F)cn1. The number of nitrogens with zero attached hydrogens (tertiary/aromatic N) is 4. The molecule has 9 heteroatoms. The van der Waals surface area contributed by atoms with Crippen LogP contribution in [0.1, 0.15) is 18.1 Å². The summed E-state index contributed by atoms with van der Waals surface area (Å²) in [4.78, 5) is 16.1. The lowest BCUT2D eigenvalue weighted by molar-refractivity contribution is -0.137. The van der Waals surface area contributed by atoms with E-state index in [2.05, 4.69) is 10.00 Å². The van der Waals surface area contributed by atoms with E-state index in [0.717, 1.165) is 29.0 Å². The Labute approximate surface area is 155 Å². The number of anilines is 1. The van der Waals surface area contributed by atoms with E-state index in [4.69, 9.17) is 4.74 Å². The third kappa shape index (κ3) is 4.60. The van der Waals surface area contributed by atoms with Gasteiger partial charge in [-0.3, -0.25) is 0 Å². The Morgan fingerprint density at radius 1 is 1.22 bits per heavy atom. The Hall–Kier alpha value is -2.55. The van der Waals surface area contributed by atoms with Crippen LogP contribution in [0.2, 0.25) is 0 Å². The molecule has 2 heterocycles. The van der Waals surface area contributed by atoms with Crippen LogP contribution in [0, 0.1) is 0 Å². The highest BCUT2D eigenvalue weighted by atomic mass is 19.4. The zero-order chi connectivity index (χ0) is 19.4. The van der Waals surface area contributed by atoms with Gasteiger partial charge in [0.1, 0.15) is 0 Å². The average molecular weight is 382 g/mol. The molecule has 0 radical (unpaired) electrons. The normalized spacial score (nSPS) is 15.0. The lowest BCUT2D eigenvalue weighted by Gasteiger charge is -2.29. The average Bonchev–Trinajstić information content (AvgIpc) is 3.17. The molecule has 3 rings (SSSR count). The molecule has 146 valence electrons. The number of rotatable bonds is 4. The topological polar surface area (TPSA) is 50.6 Å². The number of morpholine rings is 1. The van der Waals surface area contributed by atoms with E-state index in [1.165, 1.54) is 4.90 Å². The molecule has 1 fully saturated rings. The van der Waals surface area contributed by atoms with Crippen LogP contribution in [0.25, 0.3) is 0 Å². The molecule has 0 aliphatic carbocycles. The molecule has 6 nitrogen and oxygen atoms in total. The van der Waals surface area contributed by atoms with E-state index in [0.29, 0.717) is 38.7 Å². The van der Waals surface area contributed by atoms with E-state index < -0.39 is 17.8 Å². The molecule has 0 spiro atoms. The summed E-state index contributed by atoms with van der Waals surface area (Å²) >= 11 is 0. The van der Waals surface area contributed by atoms with Crippen LogP contribution in [-0.2, 0) is 17.5 Å². The maximum Gasteiger partial charge on any atom is 0.419 e. The van der Waals surface area contributed by atoms with Crippen LogP contribution in [0.3, 0.4) is 0 Å². The standard InChI is InChI=1S/C18H21F3N4O2/c1-2-23(17(26)25-13-15(11-22-25)18(19,20)21)12-14-3-5-16(6-4-14)24-7-9-27-10-8-24/h3-6,11,13H,2,7-10,12H2,1H3. The van der Waals surface area contributed by atoms with Gasteiger partial charge in [0.25, 0.3) is 0 Å². The molecule has 0 N–H and O–H groups in total. The number of carbonyl (C=O) groups is 1. The highest BCUT2D eigenvalue weighted by molar-refractivity contribution is 5.76. The van der Waals surface area contributed by atoms with Crippen molar-refractivity contribution in [2.75, 3.05) is 37.7 Å². The molecule has 1 aliphatic rings. The summed E-state index contributed by atoms with van der Waals surface area (Å²) < 4.78 is 44.2. The van der Waals surface area contributed by atoms with Gasteiger partial charge in [-0.25, -0.2) is 4.79 Å². The quantitative estimate of drug-likeness (QED) is 0.815. The second-order valence-electron chi connectivity index (χ2n) is 6.23. The van der Waals surface area contributed by atoms with Crippen LogP contribution >= 0.6 is 0 Å². The van der Waals surface area contributed by atoms with E-state index in [9.17, 15) is 18.0 Å². The third-order valence-corrected chi connectivity index (χ3v) is 4.44. The maximum atomic E-state index is 12.7. The van der Waals surface area contributed by atoms with E-state index in [-0.39, 0.29) is 0 Å². The fraction of sp³-hybridized carbons (Fsp3) is 0.444. The summed E-state index contributed by atoms with van der Waals surface area (Å²) in [6.45, 7) is 5.48. The molecular formula is C18H21F3N4O2. The van der Waals surface area contributed by atoms with Gasteiger partial charge >= 0.3 is 12.2 Å². The van der Waals surface area contributed by atoms with Crippen LogP contribution < -0.4 is 4.90 Å². The van der Waals surface area contributed by atoms with Gasteiger partial charge in [0, 0.05) is 38.1 Å². The second kappa shape index (κ2) is 7.99. The van der Waals surface area contributed by atoms with Crippen molar-refractivity contribution in [1.82, 2.24) is 14.7 Å². The minimum atomic E-state index is -4.52. The van der Waals surface area contributed by atoms with Crippen molar-refractivity contribution in [2.45, 2.75) is 19.6 Å². The number of alkyl halides is 3. The maximum absolute atomic E-state index is 12.7. The van der Waals surface area contributed by atoms with Gasteiger partial charge in [-0.1, -0.05) is 12.1 Å². The van der Waals surface area contributed by atoms with Crippen molar-refractivity contribution in [3.05, 3.63) is 47.8 Å². The Kier molecular flexibility index (Phi) is 5.69. The minimum absolute atomic E-state index is 0.292. The van der Waals surface area contributed by atoms with Crippen LogP contribution in [-0.4, -0.2) is 53.6 Å². The van der Waals surface area contributed by atoms with Crippen molar-refractivity contribution in [2.24, 2.45) is 0 Å². The summed E-state index contributed by atoms with van der Waals surface area (Å²) in [5.41, 5.74) is 1.03. The molecule has 1 saturated heterocycles.